The normalized spacial score (nSPS) is 8.50. The van der Waals surface area contributed by atoms with Crippen molar-refractivity contribution in [2.45, 2.75) is 20.3 Å². The van der Waals surface area contributed by atoms with E-state index >= 15 is 0 Å². The lowest BCUT2D eigenvalue weighted by molar-refractivity contribution is 0.362. The zero-order valence-corrected chi connectivity index (χ0v) is 8.79. The van der Waals surface area contributed by atoms with Crippen LogP contribution in [-0.2, 0) is 0 Å². The van der Waals surface area contributed by atoms with Crippen molar-refractivity contribution >= 4 is 0 Å². The van der Waals surface area contributed by atoms with Gasteiger partial charge in [-0.2, -0.15) is 0 Å². The Morgan fingerprint density at radius 1 is 1.29 bits per heavy atom. The van der Waals surface area contributed by atoms with Gasteiger partial charge in [-0.1, -0.05) is 32.9 Å². The number of hydrogen-bond acceptors (Lipinski definition) is 1. The van der Waals surface area contributed by atoms with Crippen LogP contribution in [0.15, 0.2) is 36.9 Å². The fraction of sp³-hybridized carbons (Fsp3) is 0.333. The summed E-state index contributed by atoms with van der Waals surface area (Å²) in [5.41, 5.74) is 0. The van der Waals surface area contributed by atoms with Crippen LogP contribution in [0.4, 0.5) is 4.39 Å². The predicted octanol–water partition coefficient (Wildman–Crippen LogP) is 3.81. The van der Waals surface area contributed by atoms with Crippen molar-refractivity contribution in [1.82, 2.24) is 0 Å². The molecule has 0 amide bonds. The molecule has 0 saturated carbocycles. The summed E-state index contributed by atoms with van der Waals surface area (Å²) in [6.45, 7) is 8.19. The van der Waals surface area contributed by atoms with Crippen molar-refractivity contribution in [3.8, 4) is 5.75 Å². The van der Waals surface area contributed by atoms with Crippen molar-refractivity contribution in [2.24, 2.45) is 0 Å². The fourth-order valence-corrected chi connectivity index (χ4v) is 0.686. The Morgan fingerprint density at radius 3 is 2.21 bits per heavy atom. The highest BCUT2D eigenvalue weighted by Gasteiger charge is 1.91. The second-order valence-corrected chi connectivity index (χ2v) is 2.76. The Hall–Kier alpha value is -1.31. The average Bonchev–Trinajstić information content (AvgIpc) is 2.18. The molecule has 0 aliphatic heterocycles. The zero-order valence-electron chi connectivity index (χ0n) is 8.79. The van der Waals surface area contributed by atoms with E-state index in [-0.39, 0.29) is 5.82 Å². The second kappa shape index (κ2) is 8.30. The molecule has 0 fully saturated rings. The minimum atomic E-state index is -0.254. The van der Waals surface area contributed by atoms with Crippen LogP contribution in [0.3, 0.4) is 0 Å². The van der Waals surface area contributed by atoms with Crippen LogP contribution in [0.5, 0.6) is 5.75 Å². The maximum absolute atomic E-state index is 12.3. The van der Waals surface area contributed by atoms with Gasteiger partial charge in [0, 0.05) is 0 Å². The molecule has 0 aromatic heterocycles. The van der Waals surface area contributed by atoms with Gasteiger partial charge in [0.2, 0.25) is 0 Å². The number of halogens is 1. The minimum absolute atomic E-state index is 0.254. The van der Waals surface area contributed by atoms with Crippen LogP contribution in [0, 0.1) is 5.82 Å². The smallest absolute Gasteiger partial charge is 0.123 e. The van der Waals surface area contributed by atoms with Crippen molar-refractivity contribution in [3.05, 3.63) is 42.7 Å². The maximum atomic E-state index is 12.3. The van der Waals surface area contributed by atoms with E-state index < -0.39 is 0 Å². The van der Waals surface area contributed by atoms with E-state index in [0.29, 0.717) is 12.4 Å². The average molecular weight is 196 g/mol. The summed E-state index contributed by atoms with van der Waals surface area (Å²) in [6, 6.07) is 5.88. The van der Waals surface area contributed by atoms with Gasteiger partial charge in [0.05, 0.1) is 0 Å². The number of ether oxygens (including phenoxy) is 1. The fourth-order valence-electron chi connectivity index (χ4n) is 0.686. The molecule has 0 heterocycles. The molecular formula is C12H17FO. The van der Waals surface area contributed by atoms with Crippen LogP contribution in [0.1, 0.15) is 20.3 Å². The van der Waals surface area contributed by atoms with Crippen LogP contribution in [0.25, 0.3) is 0 Å². The van der Waals surface area contributed by atoms with Gasteiger partial charge in [-0.3, -0.25) is 0 Å². The number of rotatable bonds is 3. The third-order valence-electron chi connectivity index (χ3n) is 1.18. The van der Waals surface area contributed by atoms with Gasteiger partial charge in [0.25, 0.3) is 0 Å². The van der Waals surface area contributed by atoms with Gasteiger partial charge in [0.15, 0.2) is 0 Å². The van der Waals surface area contributed by atoms with Gasteiger partial charge in [-0.05, 0) is 24.3 Å². The van der Waals surface area contributed by atoms with E-state index in [2.05, 4.69) is 20.4 Å². The van der Waals surface area contributed by atoms with Crippen molar-refractivity contribution in [2.75, 3.05) is 6.61 Å². The molecule has 0 atom stereocenters. The molecule has 78 valence electrons. The third-order valence-corrected chi connectivity index (χ3v) is 1.18. The minimum Gasteiger partial charge on any atom is -0.490 e. The molecule has 0 radical (unpaired) electrons. The first-order valence-corrected chi connectivity index (χ1v) is 4.73. The van der Waals surface area contributed by atoms with E-state index in [0.717, 1.165) is 0 Å². The van der Waals surface area contributed by atoms with Crippen molar-refractivity contribution in [3.63, 3.8) is 0 Å². The van der Waals surface area contributed by atoms with E-state index in [1.807, 2.05) is 0 Å². The van der Waals surface area contributed by atoms with Crippen LogP contribution in [-0.4, -0.2) is 6.61 Å². The summed E-state index contributed by atoms with van der Waals surface area (Å²) in [4.78, 5) is 0. The summed E-state index contributed by atoms with van der Waals surface area (Å²) in [6.07, 6.45) is 2.89. The number of hydrogen-bond donors (Lipinski definition) is 0. The van der Waals surface area contributed by atoms with E-state index in [9.17, 15) is 4.39 Å². The largest absolute Gasteiger partial charge is 0.490 e. The molecule has 0 bridgehead atoms. The molecule has 0 aliphatic carbocycles. The van der Waals surface area contributed by atoms with Gasteiger partial charge in [0.1, 0.15) is 18.2 Å². The van der Waals surface area contributed by atoms with Crippen LogP contribution in [0.2, 0.25) is 0 Å². The first kappa shape index (κ1) is 12.7. The Kier molecular flexibility index (Phi) is 7.52. The van der Waals surface area contributed by atoms with E-state index in [1.165, 1.54) is 18.6 Å². The standard InChI is InChI=1S/C9H9FO.C3H8/c1-2-7-11-9-5-3-8(10)4-6-9;1-3-2/h2-6H,1,7H2;3H2,1-2H3. The lowest BCUT2D eigenvalue weighted by Crippen LogP contribution is -1.91. The van der Waals surface area contributed by atoms with Gasteiger partial charge >= 0.3 is 0 Å². The van der Waals surface area contributed by atoms with E-state index in [1.54, 1.807) is 18.2 Å². The van der Waals surface area contributed by atoms with Gasteiger partial charge in [-0.15, -0.1) is 0 Å². The molecule has 0 aliphatic rings. The van der Waals surface area contributed by atoms with E-state index in [4.69, 9.17) is 4.74 Å². The molecule has 0 unspecified atom stereocenters. The van der Waals surface area contributed by atoms with Crippen molar-refractivity contribution < 1.29 is 9.13 Å². The first-order valence-electron chi connectivity index (χ1n) is 4.73. The third kappa shape index (κ3) is 6.23. The molecule has 0 saturated heterocycles. The Bertz CT molecular complexity index is 241. The maximum Gasteiger partial charge on any atom is 0.123 e. The SMILES string of the molecule is C=CCOc1ccc(F)cc1.CCC. The Balaban J connectivity index is 0.000000500. The molecule has 0 N–H and O–H groups in total. The first-order chi connectivity index (χ1) is 6.74. The van der Waals surface area contributed by atoms with Gasteiger partial charge in [-0.25, -0.2) is 4.39 Å². The van der Waals surface area contributed by atoms with Crippen molar-refractivity contribution in [1.29, 1.82) is 0 Å². The molecule has 0 spiro atoms. The summed E-state index contributed by atoms with van der Waals surface area (Å²) in [7, 11) is 0. The topological polar surface area (TPSA) is 9.23 Å². The Morgan fingerprint density at radius 2 is 1.79 bits per heavy atom. The quantitative estimate of drug-likeness (QED) is 0.668. The highest BCUT2D eigenvalue weighted by Crippen LogP contribution is 2.10. The molecule has 14 heavy (non-hydrogen) atoms. The molecule has 1 rings (SSSR count). The lowest BCUT2D eigenvalue weighted by atomic mass is 10.3. The van der Waals surface area contributed by atoms with Gasteiger partial charge < -0.3 is 4.74 Å². The monoisotopic (exact) mass is 196 g/mol. The molecule has 1 aromatic rings. The predicted molar refractivity (Wildman–Crippen MR) is 58.1 cm³/mol. The highest BCUT2D eigenvalue weighted by atomic mass is 19.1. The number of benzene rings is 1. The Labute approximate surface area is 85.2 Å². The highest BCUT2D eigenvalue weighted by molar-refractivity contribution is 5.22. The molecule has 1 aromatic carbocycles. The zero-order chi connectivity index (χ0) is 10.8. The van der Waals surface area contributed by atoms with Crippen LogP contribution < -0.4 is 4.74 Å². The molecular weight excluding hydrogens is 179 g/mol. The second-order valence-electron chi connectivity index (χ2n) is 2.76. The summed E-state index contributed by atoms with van der Waals surface area (Å²) in [5.74, 6) is 0.405. The molecule has 2 heteroatoms. The van der Waals surface area contributed by atoms with Crippen LogP contribution >= 0.6 is 0 Å². The molecule has 1 nitrogen and oxygen atoms in total. The summed E-state index contributed by atoms with van der Waals surface area (Å²) < 4.78 is 17.5. The summed E-state index contributed by atoms with van der Waals surface area (Å²) >= 11 is 0. The lowest BCUT2D eigenvalue weighted by Gasteiger charge is -2.00. The summed E-state index contributed by atoms with van der Waals surface area (Å²) in [5, 5.41) is 0.